The van der Waals surface area contributed by atoms with Crippen molar-refractivity contribution in [1.82, 2.24) is 9.80 Å². The molecule has 1 amide bonds. The minimum atomic E-state index is -0.800. The molecule has 5 heteroatoms. The van der Waals surface area contributed by atoms with Crippen molar-refractivity contribution in [3.8, 4) is 0 Å². The third-order valence-electron chi connectivity index (χ3n) is 4.20. The number of carbonyl (C=O) groups is 1. The Labute approximate surface area is 111 Å². The summed E-state index contributed by atoms with van der Waals surface area (Å²) < 4.78 is 12.8. The molecule has 2 unspecified atom stereocenters. The Bertz CT molecular complexity index is 477. The van der Waals surface area contributed by atoms with E-state index in [2.05, 4.69) is 4.90 Å². The van der Waals surface area contributed by atoms with Gasteiger partial charge in [0.25, 0.3) is 0 Å². The number of piperazine rings is 1. The molecular formula is C14H17FN2O2. The van der Waals surface area contributed by atoms with Crippen LogP contribution in [0.5, 0.6) is 0 Å². The minimum absolute atomic E-state index is 0.163. The van der Waals surface area contributed by atoms with Gasteiger partial charge < -0.3 is 10.0 Å². The number of rotatable bonds is 3. The summed E-state index contributed by atoms with van der Waals surface area (Å²) in [4.78, 5) is 14.9. The molecule has 0 aromatic heterocycles. The molecule has 2 heterocycles. The standard InChI is InChI=1S/C14H17FN2O2/c15-11-3-1-10(2-4-11)5-6-16-8-13-7-12(16)9-17(13)14(18)19/h1-4,12-13H,5-9H2,(H,18,19). The van der Waals surface area contributed by atoms with Crippen molar-refractivity contribution in [3.63, 3.8) is 0 Å². The highest BCUT2D eigenvalue weighted by molar-refractivity contribution is 5.66. The zero-order chi connectivity index (χ0) is 13.4. The van der Waals surface area contributed by atoms with Gasteiger partial charge in [0.15, 0.2) is 0 Å². The molecule has 1 N–H and O–H groups in total. The smallest absolute Gasteiger partial charge is 0.407 e. The zero-order valence-electron chi connectivity index (χ0n) is 10.6. The molecule has 4 nitrogen and oxygen atoms in total. The van der Waals surface area contributed by atoms with Crippen molar-refractivity contribution in [3.05, 3.63) is 35.6 Å². The van der Waals surface area contributed by atoms with Crippen molar-refractivity contribution in [2.45, 2.75) is 24.9 Å². The number of fused-ring (bicyclic) bond motifs is 2. The quantitative estimate of drug-likeness (QED) is 0.905. The van der Waals surface area contributed by atoms with Crippen LogP contribution in [0.2, 0.25) is 0 Å². The van der Waals surface area contributed by atoms with E-state index in [-0.39, 0.29) is 11.9 Å². The van der Waals surface area contributed by atoms with Gasteiger partial charge in [-0.2, -0.15) is 0 Å². The van der Waals surface area contributed by atoms with Crippen molar-refractivity contribution in [2.24, 2.45) is 0 Å². The summed E-state index contributed by atoms with van der Waals surface area (Å²) in [5.74, 6) is -0.207. The molecule has 1 aromatic rings. The largest absolute Gasteiger partial charge is 0.465 e. The summed E-state index contributed by atoms with van der Waals surface area (Å²) in [6.45, 7) is 2.38. The summed E-state index contributed by atoms with van der Waals surface area (Å²) in [6.07, 6.45) is 1.04. The first kappa shape index (κ1) is 12.4. The Morgan fingerprint density at radius 1 is 1.26 bits per heavy atom. The van der Waals surface area contributed by atoms with Crippen LogP contribution in [0.15, 0.2) is 24.3 Å². The maximum Gasteiger partial charge on any atom is 0.407 e. The summed E-state index contributed by atoms with van der Waals surface area (Å²) in [5, 5.41) is 9.03. The second-order valence-electron chi connectivity index (χ2n) is 5.35. The molecule has 0 saturated carbocycles. The highest BCUT2D eigenvalue weighted by Crippen LogP contribution is 2.30. The number of nitrogens with zero attached hydrogens (tertiary/aromatic N) is 2. The topological polar surface area (TPSA) is 43.8 Å². The molecule has 0 spiro atoms. The number of halogens is 1. The Kier molecular flexibility index (Phi) is 3.14. The predicted octanol–water partition coefficient (Wildman–Crippen LogP) is 1.80. The molecule has 2 fully saturated rings. The van der Waals surface area contributed by atoms with E-state index in [1.165, 1.54) is 12.1 Å². The first-order valence-electron chi connectivity index (χ1n) is 6.61. The van der Waals surface area contributed by atoms with E-state index < -0.39 is 6.09 Å². The molecule has 2 aliphatic heterocycles. The van der Waals surface area contributed by atoms with Gasteiger partial charge in [-0.3, -0.25) is 4.90 Å². The van der Waals surface area contributed by atoms with Gasteiger partial charge in [-0.15, -0.1) is 0 Å². The van der Waals surface area contributed by atoms with Gasteiger partial charge in [0, 0.05) is 31.7 Å². The van der Waals surface area contributed by atoms with Gasteiger partial charge >= 0.3 is 6.09 Å². The average Bonchev–Trinajstić information content (AvgIpc) is 2.97. The van der Waals surface area contributed by atoms with E-state index in [1.807, 2.05) is 12.1 Å². The van der Waals surface area contributed by atoms with Crippen molar-refractivity contribution in [2.75, 3.05) is 19.6 Å². The van der Waals surface area contributed by atoms with Crippen LogP contribution < -0.4 is 0 Å². The lowest BCUT2D eigenvalue weighted by Crippen LogP contribution is -2.48. The molecule has 0 radical (unpaired) electrons. The molecule has 2 saturated heterocycles. The second kappa shape index (κ2) is 4.81. The molecule has 102 valence electrons. The van der Waals surface area contributed by atoms with Crippen LogP contribution in [0.25, 0.3) is 0 Å². The molecule has 1 aromatic carbocycles. The summed E-state index contributed by atoms with van der Waals surface area (Å²) >= 11 is 0. The van der Waals surface area contributed by atoms with E-state index >= 15 is 0 Å². The zero-order valence-corrected chi connectivity index (χ0v) is 10.6. The van der Waals surface area contributed by atoms with E-state index in [0.29, 0.717) is 12.6 Å². The molecule has 2 atom stereocenters. The first-order valence-corrected chi connectivity index (χ1v) is 6.61. The van der Waals surface area contributed by atoms with Crippen LogP contribution in [0.3, 0.4) is 0 Å². The second-order valence-corrected chi connectivity index (χ2v) is 5.35. The van der Waals surface area contributed by atoms with Crippen molar-refractivity contribution in [1.29, 1.82) is 0 Å². The van der Waals surface area contributed by atoms with E-state index in [9.17, 15) is 9.18 Å². The Balaban J connectivity index is 1.54. The fourth-order valence-corrected chi connectivity index (χ4v) is 3.18. The Morgan fingerprint density at radius 3 is 2.58 bits per heavy atom. The molecule has 2 bridgehead atoms. The lowest BCUT2D eigenvalue weighted by molar-refractivity contribution is 0.103. The van der Waals surface area contributed by atoms with Gasteiger partial charge in [0.1, 0.15) is 5.82 Å². The lowest BCUT2D eigenvalue weighted by Gasteiger charge is -2.32. The highest BCUT2D eigenvalue weighted by Gasteiger charge is 2.44. The molecule has 2 aliphatic rings. The van der Waals surface area contributed by atoms with Crippen LogP contribution in [0.4, 0.5) is 9.18 Å². The molecular weight excluding hydrogens is 247 g/mol. The van der Waals surface area contributed by atoms with Gasteiger partial charge in [0.2, 0.25) is 0 Å². The number of carboxylic acid groups (broad SMARTS) is 1. The minimum Gasteiger partial charge on any atom is -0.465 e. The van der Waals surface area contributed by atoms with Crippen LogP contribution in [-0.2, 0) is 6.42 Å². The maximum atomic E-state index is 12.8. The van der Waals surface area contributed by atoms with Gasteiger partial charge in [-0.25, -0.2) is 9.18 Å². The van der Waals surface area contributed by atoms with Gasteiger partial charge in [-0.1, -0.05) is 12.1 Å². The summed E-state index contributed by atoms with van der Waals surface area (Å²) in [7, 11) is 0. The van der Waals surface area contributed by atoms with E-state index in [0.717, 1.165) is 31.5 Å². The molecule has 3 rings (SSSR count). The first-order chi connectivity index (χ1) is 9.13. The monoisotopic (exact) mass is 264 g/mol. The third-order valence-corrected chi connectivity index (χ3v) is 4.20. The fourth-order valence-electron chi connectivity index (χ4n) is 3.18. The predicted molar refractivity (Wildman–Crippen MR) is 68.6 cm³/mol. The maximum absolute atomic E-state index is 12.8. The van der Waals surface area contributed by atoms with Crippen molar-refractivity contribution < 1.29 is 14.3 Å². The summed E-state index contributed by atoms with van der Waals surface area (Å²) in [5.41, 5.74) is 1.12. The normalized spacial score (nSPS) is 26.1. The van der Waals surface area contributed by atoms with E-state index in [1.54, 1.807) is 4.90 Å². The molecule has 0 aliphatic carbocycles. The number of amides is 1. The van der Waals surface area contributed by atoms with Crippen LogP contribution in [-0.4, -0.2) is 52.7 Å². The lowest BCUT2D eigenvalue weighted by atomic mass is 10.1. The fraction of sp³-hybridized carbons (Fsp3) is 0.500. The SMILES string of the molecule is O=C(O)N1CC2CC1CN2CCc1ccc(F)cc1. The van der Waals surface area contributed by atoms with E-state index in [4.69, 9.17) is 5.11 Å². The Hall–Kier alpha value is -1.62. The van der Waals surface area contributed by atoms with Crippen molar-refractivity contribution >= 4 is 6.09 Å². The van der Waals surface area contributed by atoms with Crippen LogP contribution in [0.1, 0.15) is 12.0 Å². The van der Waals surface area contributed by atoms with Crippen LogP contribution >= 0.6 is 0 Å². The highest BCUT2D eigenvalue weighted by atomic mass is 19.1. The summed E-state index contributed by atoms with van der Waals surface area (Å²) in [6, 6.07) is 7.12. The number of hydrogen-bond donors (Lipinski definition) is 1. The number of likely N-dealkylation sites (tertiary alicyclic amines) is 2. The van der Waals surface area contributed by atoms with Gasteiger partial charge in [0.05, 0.1) is 0 Å². The number of benzene rings is 1. The van der Waals surface area contributed by atoms with Crippen LogP contribution in [0, 0.1) is 5.82 Å². The average molecular weight is 264 g/mol. The Morgan fingerprint density at radius 2 is 2.00 bits per heavy atom. The third kappa shape index (κ3) is 2.42. The van der Waals surface area contributed by atoms with Gasteiger partial charge in [-0.05, 0) is 30.5 Å². The number of hydrogen-bond acceptors (Lipinski definition) is 2. The molecule has 19 heavy (non-hydrogen) atoms.